The molecule has 1 unspecified atom stereocenters. The SMILES string of the molecule is CCO[C@H]1CN(c2nccc(-c3cccc(C)c3OCc3cc(C)c4c(c3)CCN(C(CC)CCOC)C4)n2)CC[C@H]1C(=O)O. The highest BCUT2D eigenvalue weighted by atomic mass is 16.5. The first-order chi connectivity index (χ1) is 21.8. The summed E-state index contributed by atoms with van der Waals surface area (Å²) in [7, 11) is 1.78. The summed E-state index contributed by atoms with van der Waals surface area (Å²) in [6, 6.07) is 13.2. The van der Waals surface area contributed by atoms with E-state index in [1.54, 1.807) is 13.3 Å². The predicted octanol–water partition coefficient (Wildman–Crippen LogP) is 5.83. The molecule has 0 saturated carbocycles. The first-order valence-electron chi connectivity index (χ1n) is 16.3. The van der Waals surface area contributed by atoms with Crippen molar-refractivity contribution in [2.75, 3.05) is 44.9 Å². The van der Waals surface area contributed by atoms with Gasteiger partial charge in [-0.05, 0) is 86.4 Å². The number of aromatic nitrogens is 2. The molecule has 2 aliphatic rings. The molecule has 3 heterocycles. The molecule has 0 amide bonds. The molecule has 242 valence electrons. The highest BCUT2D eigenvalue weighted by Crippen LogP contribution is 2.34. The van der Waals surface area contributed by atoms with Crippen molar-refractivity contribution in [1.29, 1.82) is 0 Å². The lowest BCUT2D eigenvalue weighted by Gasteiger charge is -2.36. The molecule has 2 aliphatic heterocycles. The van der Waals surface area contributed by atoms with Gasteiger partial charge < -0.3 is 24.2 Å². The number of anilines is 1. The number of aliphatic carboxylic acids is 1. The number of hydrogen-bond donors (Lipinski definition) is 1. The van der Waals surface area contributed by atoms with E-state index in [0.29, 0.717) is 44.7 Å². The van der Waals surface area contributed by atoms with E-state index in [9.17, 15) is 9.90 Å². The minimum absolute atomic E-state index is 0.404. The molecule has 0 bridgehead atoms. The van der Waals surface area contributed by atoms with Crippen molar-refractivity contribution in [1.82, 2.24) is 14.9 Å². The Kier molecular flexibility index (Phi) is 11.1. The summed E-state index contributed by atoms with van der Waals surface area (Å²) in [6.07, 6.45) is 5.08. The fourth-order valence-electron chi connectivity index (χ4n) is 6.88. The van der Waals surface area contributed by atoms with Gasteiger partial charge >= 0.3 is 5.97 Å². The van der Waals surface area contributed by atoms with Crippen molar-refractivity contribution in [2.24, 2.45) is 5.92 Å². The van der Waals surface area contributed by atoms with Crippen molar-refractivity contribution in [3.05, 3.63) is 70.4 Å². The minimum Gasteiger partial charge on any atom is -0.488 e. The van der Waals surface area contributed by atoms with E-state index >= 15 is 0 Å². The average Bonchev–Trinajstić information content (AvgIpc) is 3.04. The molecule has 1 fully saturated rings. The predicted molar refractivity (Wildman–Crippen MR) is 176 cm³/mol. The molecule has 1 aromatic heterocycles. The van der Waals surface area contributed by atoms with E-state index in [1.807, 2.05) is 30.0 Å². The van der Waals surface area contributed by atoms with E-state index in [2.05, 4.69) is 48.9 Å². The molecule has 3 aromatic rings. The van der Waals surface area contributed by atoms with Gasteiger partial charge in [-0.1, -0.05) is 31.2 Å². The maximum Gasteiger partial charge on any atom is 0.309 e. The Labute approximate surface area is 267 Å². The number of para-hydroxylation sites is 1. The highest BCUT2D eigenvalue weighted by Gasteiger charge is 2.35. The molecule has 0 aliphatic carbocycles. The third-order valence-corrected chi connectivity index (χ3v) is 9.35. The molecule has 9 nitrogen and oxygen atoms in total. The summed E-state index contributed by atoms with van der Waals surface area (Å²) in [6.45, 7) is 13.2. The lowest BCUT2D eigenvalue weighted by molar-refractivity contribution is -0.148. The number of aryl methyl sites for hydroxylation is 2. The zero-order chi connectivity index (χ0) is 31.9. The van der Waals surface area contributed by atoms with Crippen LogP contribution in [0, 0.1) is 19.8 Å². The van der Waals surface area contributed by atoms with Crippen LogP contribution in [0.3, 0.4) is 0 Å². The topological polar surface area (TPSA) is 97.3 Å². The number of rotatable bonds is 13. The number of hydrogen-bond acceptors (Lipinski definition) is 8. The van der Waals surface area contributed by atoms with Gasteiger partial charge in [0.2, 0.25) is 5.95 Å². The van der Waals surface area contributed by atoms with Gasteiger partial charge in [-0.15, -0.1) is 0 Å². The summed E-state index contributed by atoms with van der Waals surface area (Å²) >= 11 is 0. The number of piperidine rings is 1. The van der Waals surface area contributed by atoms with Gasteiger partial charge in [-0.2, -0.15) is 0 Å². The fourth-order valence-corrected chi connectivity index (χ4v) is 6.88. The Balaban J connectivity index is 1.32. The van der Waals surface area contributed by atoms with Gasteiger partial charge in [-0.25, -0.2) is 9.97 Å². The Morgan fingerprint density at radius 2 is 1.98 bits per heavy atom. The number of carboxylic acids is 1. The largest absolute Gasteiger partial charge is 0.488 e. The van der Waals surface area contributed by atoms with Crippen LogP contribution < -0.4 is 9.64 Å². The minimum atomic E-state index is -0.816. The Bertz CT molecular complexity index is 1460. The van der Waals surface area contributed by atoms with Crippen LogP contribution in [-0.2, 0) is 33.8 Å². The number of benzene rings is 2. The molecule has 5 rings (SSSR count). The van der Waals surface area contributed by atoms with Crippen molar-refractivity contribution in [3.8, 4) is 17.0 Å². The molecule has 0 radical (unpaired) electrons. The van der Waals surface area contributed by atoms with E-state index < -0.39 is 18.0 Å². The number of methoxy groups -OCH3 is 1. The second-order valence-electron chi connectivity index (χ2n) is 12.3. The van der Waals surface area contributed by atoms with Crippen molar-refractivity contribution < 1.29 is 24.1 Å². The standard InChI is InChI=1S/C36H48N4O5/c1-6-28(14-18-43-5)39-16-12-27-20-26(19-25(4)31(27)21-39)23-45-34-24(3)9-8-10-29(34)32-11-15-37-36(38-32)40-17-13-30(35(41)42)33(22-40)44-7-2/h8-11,15,19-20,28,30,33H,6-7,12-14,16-18,21-23H2,1-5H3,(H,41,42)/t28?,30-,33+/m1/s1. The van der Waals surface area contributed by atoms with Crippen LogP contribution in [0.1, 0.15) is 60.9 Å². The first kappa shape index (κ1) is 32.9. The second-order valence-corrected chi connectivity index (χ2v) is 12.3. The van der Waals surface area contributed by atoms with Gasteiger partial charge in [0.1, 0.15) is 12.4 Å². The van der Waals surface area contributed by atoms with Crippen LogP contribution in [-0.4, -0.2) is 78.0 Å². The smallest absolute Gasteiger partial charge is 0.309 e. The summed E-state index contributed by atoms with van der Waals surface area (Å²) in [5.74, 6) is 0.0368. The molecule has 0 spiro atoms. The summed E-state index contributed by atoms with van der Waals surface area (Å²) in [4.78, 5) is 25.9. The number of nitrogens with zero attached hydrogens (tertiary/aromatic N) is 4. The third kappa shape index (κ3) is 7.65. The van der Waals surface area contributed by atoms with Crippen LogP contribution in [0.15, 0.2) is 42.6 Å². The molecular weight excluding hydrogens is 568 g/mol. The van der Waals surface area contributed by atoms with Crippen LogP contribution >= 0.6 is 0 Å². The monoisotopic (exact) mass is 616 g/mol. The number of carboxylic acid groups (broad SMARTS) is 1. The summed E-state index contributed by atoms with van der Waals surface area (Å²) in [5.41, 5.74) is 8.09. The fraction of sp³-hybridized carbons (Fsp3) is 0.528. The maximum absolute atomic E-state index is 11.8. The molecule has 2 aromatic carbocycles. The Morgan fingerprint density at radius 3 is 2.73 bits per heavy atom. The van der Waals surface area contributed by atoms with Crippen molar-refractivity contribution in [3.63, 3.8) is 0 Å². The van der Waals surface area contributed by atoms with E-state index in [-0.39, 0.29) is 0 Å². The van der Waals surface area contributed by atoms with Gasteiger partial charge in [-0.3, -0.25) is 9.69 Å². The van der Waals surface area contributed by atoms with Gasteiger partial charge in [0.15, 0.2) is 0 Å². The van der Waals surface area contributed by atoms with Crippen LogP contribution in [0.25, 0.3) is 11.3 Å². The van der Waals surface area contributed by atoms with E-state index in [0.717, 1.165) is 61.5 Å². The number of ether oxygens (including phenoxy) is 3. The average molecular weight is 617 g/mol. The quantitative estimate of drug-likeness (QED) is 0.254. The summed E-state index contributed by atoms with van der Waals surface area (Å²) < 4.78 is 17.7. The van der Waals surface area contributed by atoms with Crippen LogP contribution in [0.5, 0.6) is 5.75 Å². The molecule has 1 N–H and O–H groups in total. The third-order valence-electron chi connectivity index (χ3n) is 9.35. The molecular formula is C36H48N4O5. The Morgan fingerprint density at radius 1 is 1.13 bits per heavy atom. The number of fused-ring (bicyclic) bond motifs is 1. The maximum atomic E-state index is 11.8. The zero-order valence-corrected chi connectivity index (χ0v) is 27.4. The van der Waals surface area contributed by atoms with Gasteiger partial charge in [0.25, 0.3) is 0 Å². The van der Waals surface area contributed by atoms with E-state index in [1.165, 1.54) is 22.3 Å². The zero-order valence-electron chi connectivity index (χ0n) is 27.4. The van der Waals surface area contributed by atoms with Gasteiger partial charge in [0, 0.05) is 64.3 Å². The van der Waals surface area contributed by atoms with E-state index in [4.69, 9.17) is 19.2 Å². The number of carbonyl (C=O) groups is 1. The highest BCUT2D eigenvalue weighted by molar-refractivity contribution is 5.72. The lowest BCUT2D eigenvalue weighted by atomic mass is 9.91. The van der Waals surface area contributed by atoms with Crippen molar-refractivity contribution >= 4 is 11.9 Å². The molecule has 9 heteroatoms. The molecule has 1 saturated heterocycles. The Hall–Kier alpha value is -3.53. The first-order valence-corrected chi connectivity index (χ1v) is 16.3. The second kappa shape index (κ2) is 15.2. The normalized spacial score (nSPS) is 19.3. The van der Waals surface area contributed by atoms with Gasteiger partial charge in [0.05, 0.1) is 17.7 Å². The molecule has 45 heavy (non-hydrogen) atoms. The van der Waals surface area contributed by atoms with Crippen LogP contribution in [0.4, 0.5) is 5.95 Å². The molecule has 3 atom stereocenters. The lowest BCUT2D eigenvalue weighted by Crippen LogP contribution is -2.48. The summed E-state index contributed by atoms with van der Waals surface area (Å²) in [5, 5.41) is 9.66. The van der Waals surface area contributed by atoms with Crippen molar-refractivity contribution in [2.45, 2.75) is 78.7 Å². The van der Waals surface area contributed by atoms with Crippen LogP contribution in [0.2, 0.25) is 0 Å².